The van der Waals surface area contributed by atoms with Crippen molar-refractivity contribution in [2.24, 2.45) is 0 Å². The van der Waals surface area contributed by atoms with Gasteiger partial charge in [0.1, 0.15) is 5.82 Å². The van der Waals surface area contributed by atoms with Crippen LogP contribution in [0, 0.1) is 5.82 Å². The van der Waals surface area contributed by atoms with E-state index in [0.29, 0.717) is 18.0 Å². The molecular weight excluding hydrogens is 255 g/mol. The van der Waals surface area contributed by atoms with Crippen LogP contribution in [0.4, 0.5) is 10.1 Å². The van der Waals surface area contributed by atoms with Gasteiger partial charge >= 0.3 is 0 Å². The number of carbonyl (C=O) groups is 1. The number of hydrogen-bond acceptors (Lipinski definition) is 2. The predicted molar refractivity (Wildman–Crippen MR) is 70.4 cm³/mol. The summed E-state index contributed by atoms with van der Waals surface area (Å²) < 4.78 is 13.7. The third-order valence-electron chi connectivity index (χ3n) is 2.94. The first-order chi connectivity index (χ1) is 8.49. The van der Waals surface area contributed by atoms with Crippen molar-refractivity contribution in [3.05, 3.63) is 29.0 Å². The molecule has 0 radical (unpaired) electrons. The minimum absolute atomic E-state index is 0.0927. The van der Waals surface area contributed by atoms with Gasteiger partial charge in [-0.05, 0) is 24.6 Å². The minimum atomic E-state index is -0.419. The van der Waals surface area contributed by atoms with Crippen LogP contribution in [0.3, 0.4) is 0 Å². The highest BCUT2D eigenvalue weighted by Crippen LogP contribution is 2.27. The molecule has 3 nitrogen and oxygen atoms in total. The normalized spacial score (nSPS) is 19.9. The van der Waals surface area contributed by atoms with Gasteiger partial charge in [0.25, 0.3) is 0 Å². The molecule has 1 amide bonds. The summed E-state index contributed by atoms with van der Waals surface area (Å²) >= 11 is 5.84. The summed E-state index contributed by atoms with van der Waals surface area (Å²) in [6.45, 7) is 4.48. The van der Waals surface area contributed by atoms with E-state index in [0.717, 1.165) is 0 Å². The average Bonchev–Trinajstić information content (AvgIpc) is 2.64. The Balaban J connectivity index is 2.20. The maximum atomic E-state index is 13.7. The van der Waals surface area contributed by atoms with Crippen molar-refractivity contribution in [3.63, 3.8) is 0 Å². The maximum Gasteiger partial charge on any atom is 0.244 e. The number of benzene rings is 1. The number of anilines is 1. The molecule has 0 saturated carbocycles. The van der Waals surface area contributed by atoms with E-state index in [1.807, 2.05) is 13.8 Å². The highest BCUT2D eigenvalue weighted by atomic mass is 35.5. The van der Waals surface area contributed by atoms with E-state index in [4.69, 9.17) is 11.6 Å². The zero-order valence-corrected chi connectivity index (χ0v) is 11.2. The Morgan fingerprint density at radius 2 is 2.22 bits per heavy atom. The van der Waals surface area contributed by atoms with Crippen LogP contribution in [0.5, 0.6) is 0 Å². The zero-order valence-electron chi connectivity index (χ0n) is 10.4. The van der Waals surface area contributed by atoms with E-state index in [2.05, 4.69) is 5.32 Å². The van der Waals surface area contributed by atoms with Crippen molar-refractivity contribution in [3.8, 4) is 0 Å². The number of amides is 1. The van der Waals surface area contributed by atoms with E-state index in [9.17, 15) is 9.18 Å². The predicted octanol–water partition coefficient (Wildman–Crippen LogP) is 2.58. The fourth-order valence-electron chi connectivity index (χ4n) is 2.17. The van der Waals surface area contributed by atoms with E-state index in [-0.39, 0.29) is 23.7 Å². The van der Waals surface area contributed by atoms with Gasteiger partial charge in [-0.25, -0.2) is 4.39 Å². The molecule has 98 valence electrons. The minimum Gasteiger partial charge on any atom is -0.308 e. The first-order valence-electron chi connectivity index (χ1n) is 6.01. The molecule has 5 heteroatoms. The van der Waals surface area contributed by atoms with Crippen LogP contribution < -0.4 is 10.2 Å². The number of carbonyl (C=O) groups excluding carboxylic acids is 1. The SMILES string of the molecule is CC(C)NC1CCN(c2cc(Cl)ccc2F)C1=O. The van der Waals surface area contributed by atoms with Crippen molar-refractivity contribution in [1.29, 1.82) is 0 Å². The van der Waals surface area contributed by atoms with Gasteiger partial charge in [0.15, 0.2) is 0 Å². The van der Waals surface area contributed by atoms with Crippen LogP contribution in [0.15, 0.2) is 18.2 Å². The van der Waals surface area contributed by atoms with Gasteiger partial charge in [0.2, 0.25) is 5.91 Å². The topological polar surface area (TPSA) is 32.3 Å². The van der Waals surface area contributed by atoms with E-state index in [1.165, 1.54) is 23.1 Å². The first-order valence-corrected chi connectivity index (χ1v) is 6.39. The van der Waals surface area contributed by atoms with Crippen LogP contribution in [0.2, 0.25) is 5.02 Å². The Labute approximate surface area is 111 Å². The third kappa shape index (κ3) is 2.65. The van der Waals surface area contributed by atoms with Gasteiger partial charge in [-0.2, -0.15) is 0 Å². The third-order valence-corrected chi connectivity index (χ3v) is 3.17. The Morgan fingerprint density at radius 3 is 2.89 bits per heavy atom. The van der Waals surface area contributed by atoms with Crippen molar-refractivity contribution in [1.82, 2.24) is 5.32 Å². The van der Waals surface area contributed by atoms with E-state index < -0.39 is 5.82 Å². The van der Waals surface area contributed by atoms with E-state index >= 15 is 0 Å². The quantitative estimate of drug-likeness (QED) is 0.916. The van der Waals surface area contributed by atoms with Crippen LogP contribution in [0.25, 0.3) is 0 Å². The van der Waals surface area contributed by atoms with Crippen molar-refractivity contribution < 1.29 is 9.18 Å². The molecule has 1 saturated heterocycles. The lowest BCUT2D eigenvalue weighted by Gasteiger charge is -2.19. The molecule has 1 fully saturated rings. The molecule has 1 unspecified atom stereocenters. The second kappa shape index (κ2) is 5.24. The molecule has 0 aliphatic carbocycles. The summed E-state index contributed by atoms with van der Waals surface area (Å²) in [5.41, 5.74) is 0.264. The van der Waals surface area contributed by atoms with Gasteiger partial charge in [-0.15, -0.1) is 0 Å². The summed E-state index contributed by atoms with van der Waals surface area (Å²) in [5, 5.41) is 3.61. The lowest BCUT2D eigenvalue weighted by atomic mass is 10.2. The smallest absolute Gasteiger partial charge is 0.244 e. The average molecular weight is 271 g/mol. The molecule has 1 aliphatic rings. The standard InChI is InChI=1S/C13H16ClFN2O/c1-8(2)16-11-5-6-17(13(11)18)12-7-9(14)3-4-10(12)15/h3-4,7-8,11,16H,5-6H2,1-2H3. The zero-order chi connectivity index (χ0) is 13.3. The molecule has 1 atom stereocenters. The van der Waals surface area contributed by atoms with Crippen molar-refractivity contribution >= 4 is 23.2 Å². The number of nitrogens with one attached hydrogen (secondary N) is 1. The summed E-state index contributed by atoms with van der Waals surface area (Å²) in [6.07, 6.45) is 0.683. The molecule has 1 N–H and O–H groups in total. The highest BCUT2D eigenvalue weighted by Gasteiger charge is 2.33. The van der Waals surface area contributed by atoms with Gasteiger partial charge in [-0.3, -0.25) is 4.79 Å². The second-order valence-electron chi connectivity index (χ2n) is 4.75. The number of nitrogens with zero attached hydrogens (tertiary/aromatic N) is 1. The highest BCUT2D eigenvalue weighted by molar-refractivity contribution is 6.31. The molecule has 1 aliphatic heterocycles. The Hall–Kier alpha value is -1.13. The van der Waals surface area contributed by atoms with Gasteiger partial charge in [0, 0.05) is 17.6 Å². The first kappa shape index (κ1) is 13.3. The molecule has 18 heavy (non-hydrogen) atoms. The maximum absolute atomic E-state index is 13.7. The van der Waals surface area contributed by atoms with Gasteiger partial charge in [0.05, 0.1) is 11.7 Å². The summed E-state index contributed by atoms with van der Waals surface area (Å²) in [7, 11) is 0. The lowest BCUT2D eigenvalue weighted by molar-refractivity contribution is -0.119. The summed E-state index contributed by atoms with van der Waals surface area (Å²) in [5.74, 6) is -0.511. The Kier molecular flexibility index (Phi) is 3.88. The summed E-state index contributed by atoms with van der Waals surface area (Å²) in [6, 6.07) is 4.25. The molecule has 1 aromatic rings. The van der Waals surface area contributed by atoms with Gasteiger partial charge in [-0.1, -0.05) is 25.4 Å². The fraction of sp³-hybridized carbons (Fsp3) is 0.462. The van der Waals surface area contributed by atoms with E-state index in [1.54, 1.807) is 0 Å². The van der Waals surface area contributed by atoms with Crippen LogP contribution in [-0.2, 0) is 4.79 Å². The molecule has 0 aromatic heterocycles. The molecular formula is C13H16ClFN2O. The second-order valence-corrected chi connectivity index (χ2v) is 5.18. The van der Waals surface area contributed by atoms with Crippen molar-refractivity contribution in [2.45, 2.75) is 32.4 Å². The number of halogens is 2. The lowest BCUT2D eigenvalue weighted by Crippen LogP contribution is -2.41. The molecule has 1 heterocycles. The number of hydrogen-bond donors (Lipinski definition) is 1. The van der Waals surface area contributed by atoms with Crippen LogP contribution >= 0.6 is 11.6 Å². The molecule has 1 aromatic carbocycles. The van der Waals surface area contributed by atoms with Crippen LogP contribution in [-0.4, -0.2) is 24.5 Å². The number of rotatable bonds is 3. The molecule has 2 rings (SSSR count). The molecule has 0 bridgehead atoms. The molecule has 0 spiro atoms. The van der Waals surface area contributed by atoms with Crippen LogP contribution in [0.1, 0.15) is 20.3 Å². The van der Waals surface area contributed by atoms with Crippen molar-refractivity contribution in [2.75, 3.05) is 11.4 Å². The monoisotopic (exact) mass is 270 g/mol. The summed E-state index contributed by atoms with van der Waals surface area (Å²) in [4.78, 5) is 13.6. The Morgan fingerprint density at radius 1 is 1.50 bits per heavy atom. The Bertz CT molecular complexity index is 464. The van der Waals surface area contributed by atoms with Gasteiger partial charge < -0.3 is 10.2 Å². The fourth-order valence-corrected chi connectivity index (χ4v) is 2.34. The largest absolute Gasteiger partial charge is 0.308 e.